The van der Waals surface area contributed by atoms with E-state index in [9.17, 15) is 22.8 Å². The third-order valence-electron chi connectivity index (χ3n) is 3.39. The molecule has 0 saturated heterocycles. The average molecular weight is 391 g/mol. The molecule has 10 heteroatoms. The predicted molar refractivity (Wildman–Crippen MR) is 85.9 cm³/mol. The topological polar surface area (TPSA) is 80.9 Å². The van der Waals surface area contributed by atoms with Gasteiger partial charge in [-0.15, -0.1) is 0 Å². The third kappa shape index (κ3) is 4.34. The van der Waals surface area contributed by atoms with Crippen LogP contribution in [0.25, 0.3) is 5.65 Å². The van der Waals surface area contributed by atoms with Gasteiger partial charge in [-0.25, -0.2) is 14.6 Å². The molecule has 0 aliphatic heterocycles. The van der Waals surface area contributed by atoms with Gasteiger partial charge in [-0.05, 0) is 12.0 Å². The number of ether oxygens (including phenoxy) is 1. The number of nitrogens with zero attached hydrogens (tertiary/aromatic N) is 2. The molecule has 0 aromatic carbocycles. The second-order valence-corrected chi connectivity index (χ2v) is 6.05. The Kier molecular flexibility index (Phi) is 5.60. The van der Waals surface area contributed by atoms with Crippen LogP contribution in [0.2, 0.25) is 5.02 Å². The lowest BCUT2D eigenvalue weighted by molar-refractivity contribution is -0.140. The fourth-order valence-corrected chi connectivity index (χ4v) is 2.51. The molecule has 26 heavy (non-hydrogen) atoms. The summed E-state index contributed by atoms with van der Waals surface area (Å²) in [5, 5.41) is 8.29. The molecule has 0 saturated carbocycles. The van der Waals surface area contributed by atoms with Crippen molar-refractivity contribution < 1.29 is 32.6 Å². The number of hydrogen-bond acceptors (Lipinski definition) is 4. The molecule has 1 N–H and O–H groups in total. The zero-order chi connectivity index (χ0) is 19.6. The normalized spacial score (nSPS) is 12.3. The van der Waals surface area contributed by atoms with Crippen LogP contribution in [-0.2, 0) is 27.1 Å². The summed E-state index contributed by atoms with van der Waals surface area (Å²) in [6.07, 6.45) is -2.48. The first-order valence-corrected chi connectivity index (χ1v) is 7.73. The Morgan fingerprint density at radius 1 is 1.38 bits per heavy atom. The zero-order valence-corrected chi connectivity index (χ0v) is 14.4. The third-order valence-corrected chi connectivity index (χ3v) is 3.67. The van der Waals surface area contributed by atoms with E-state index in [-0.39, 0.29) is 22.3 Å². The SMILES string of the molecule is CC(C)c1nc2c(Cl)cc(C(F)(F)F)cn2c1COC(=O)/C=C/C(=O)O. The van der Waals surface area contributed by atoms with E-state index in [2.05, 4.69) is 4.98 Å². The minimum Gasteiger partial charge on any atom is -0.478 e. The summed E-state index contributed by atoms with van der Waals surface area (Å²) in [6.45, 7) is 3.15. The molecular weight excluding hydrogens is 377 g/mol. The molecular formula is C16H14ClF3N2O4. The number of carbonyl (C=O) groups is 2. The van der Waals surface area contributed by atoms with E-state index in [0.717, 1.165) is 16.7 Å². The van der Waals surface area contributed by atoms with Crippen LogP contribution in [0.15, 0.2) is 24.4 Å². The number of halogens is 4. The Morgan fingerprint density at radius 2 is 2.04 bits per heavy atom. The molecule has 2 heterocycles. The van der Waals surface area contributed by atoms with Gasteiger partial charge in [-0.2, -0.15) is 13.2 Å². The quantitative estimate of drug-likeness (QED) is 0.620. The smallest absolute Gasteiger partial charge is 0.417 e. The number of carboxylic acids is 1. The van der Waals surface area contributed by atoms with E-state index < -0.39 is 30.3 Å². The first kappa shape index (κ1) is 19.8. The Labute approximate surface area is 150 Å². The number of rotatable bonds is 5. The van der Waals surface area contributed by atoms with Crippen LogP contribution in [0, 0.1) is 0 Å². The summed E-state index contributed by atoms with van der Waals surface area (Å²) < 4.78 is 45.2. The van der Waals surface area contributed by atoms with Crippen LogP contribution < -0.4 is 0 Å². The molecule has 0 unspecified atom stereocenters. The van der Waals surface area contributed by atoms with Crippen LogP contribution in [0.1, 0.15) is 36.7 Å². The molecule has 6 nitrogen and oxygen atoms in total. The van der Waals surface area contributed by atoms with E-state index in [0.29, 0.717) is 17.8 Å². The lowest BCUT2D eigenvalue weighted by atomic mass is 10.1. The number of hydrogen-bond donors (Lipinski definition) is 1. The van der Waals surface area contributed by atoms with Crippen LogP contribution in [0.3, 0.4) is 0 Å². The lowest BCUT2D eigenvalue weighted by Gasteiger charge is -2.11. The van der Waals surface area contributed by atoms with Crippen molar-refractivity contribution >= 4 is 29.2 Å². The predicted octanol–water partition coefficient (Wildman–Crippen LogP) is 3.81. The Balaban J connectivity index is 2.48. The van der Waals surface area contributed by atoms with Crippen molar-refractivity contribution in [2.24, 2.45) is 0 Å². The maximum atomic E-state index is 13.0. The van der Waals surface area contributed by atoms with E-state index >= 15 is 0 Å². The first-order chi connectivity index (χ1) is 12.0. The summed E-state index contributed by atoms with van der Waals surface area (Å²) in [4.78, 5) is 26.2. The van der Waals surface area contributed by atoms with Gasteiger partial charge in [0.1, 0.15) is 6.61 Å². The number of imidazole rings is 1. The highest BCUT2D eigenvalue weighted by atomic mass is 35.5. The van der Waals surface area contributed by atoms with Crippen molar-refractivity contribution in [1.82, 2.24) is 9.38 Å². The second kappa shape index (κ2) is 7.36. The van der Waals surface area contributed by atoms with Gasteiger partial charge >= 0.3 is 18.1 Å². The number of fused-ring (bicyclic) bond motifs is 1. The molecule has 0 amide bonds. The first-order valence-electron chi connectivity index (χ1n) is 7.36. The second-order valence-electron chi connectivity index (χ2n) is 5.65. The van der Waals surface area contributed by atoms with Crippen LogP contribution >= 0.6 is 11.6 Å². The summed E-state index contributed by atoms with van der Waals surface area (Å²) >= 11 is 5.94. The van der Waals surface area contributed by atoms with Gasteiger partial charge in [0.05, 0.1) is 22.0 Å². The van der Waals surface area contributed by atoms with E-state index in [4.69, 9.17) is 21.4 Å². The highest BCUT2D eigenvalue weighted by Crippen LogP contribution is 2.34. The van der Waals surface area contributed by atoms with Gasteiger partial charge in [-0.3, -0.25) is 4.40 Å². The van der Waals surface area contributed by atoms with E-state index in [1.54, 1.807) is 13.8 Å². The summed E-state index contributed by atoms with van der Waals surface area (Å²) in [5.41, 5.74) is -0.224. The van der Waals surface area contributed by atoms with Crippen LogP contribution in [0.5, 0.6) is 0 Å². The van der Waals surface area contributed by atoms with Gasteiger partial charge in [0.25, 0.3) is 0 Å². The highest BCUT2D eigenvalue weighted by Gasteiger charge is 2.32. The lowest BCUT2D eigenvalue weighted by Crippen LogP contribution is -2.09. The zero-order valence-electron chi connectivity index (χ0n) is 13.7. The number of carboxylic acid groups (broad SMARTS) is 1. The van der Waals surface area contributed by atoms with Crippen LogP contribution in [0.4, 0.5) is 13.2 Å². The standard InChI is InChI=1S/C16H14ClF3N2O4/c1-8(2)14-11(7-26-13(25)4-3-12(23)24)22-6-9(16(18,19)20)5-10(17)15(22)21-14/h3-6,8H,7H2,1-2H3,(H,23,24)/b4-3+. The van der Waals surface area contributed by atoms with Crippen molar-refractivity contribution in [3.05, 3.63) is 46.4 Å². The Bertz CT molecular complexity index is 888. The maximum absolute atomic E-state index is 13.0. The van der Waals surface area contributed by atoms with Gasteiger partial charge in [0.15, 0.2) is 5.65 Å². The average Bonchev–Trinajstić information content (AvgIpc) is 2.89. The summed E-state index contributed by atoms with van der Waals surface area (Å²) in [5.74, 6) is -2.46. The minimum absolute atomic E-state index is 0.107. The molecule has 0 spiro atoms. The summed E-state index contributed by atoms with van der Waals surface area (Å²) in [6, 6.07) is 0.777. The molecule has 0 atom stereocenters. The molecule has 0 fully saturated rings. The fraction of sp³-hybridized carbons (Fsp3) is 0.312. The fourth-order valence-electron chi connectivity index (χ4n) is 2.26. The van der Waals surface area contributed by atoms with Crippen molar-refractivity contribution in [3.63, 3.8) is 0 Å². The van der Waals surface area contributed by atoms with Gasteiger partial charge in [-0.1, -0.05) is 25.4 Å². The van der Waals surface area contributed by atoms with Crippen LogP contribution in [-0.4, -0.2) is 26.4 Å². The highest BCUT2D eigenvalue weighted by molar-refractivity contribution is 6.33. The summed E-state index contributed by atoms with van der Waals surface area (Å²) in [7, 11) is 0. The van der Waals surface area contributed by atoms with Gasteiger partial charge in [0.2, 0.25) is 0 Å². The number of pyridine rings is 1. The van der Waals surface area contributed by atoms with Crippen molar-refractivity contribution in [1.29, 1.82) is 0 Å². The molecule has 0 bridgehead atoms. The van der Waals surface area contributed by atoms with Crippen molar-refractivity contribution in [3.8, 4) is 0 Å². The number of alkyl halides is 3. The number of esters is 1. The number of aromatic nitrogens is 2. The molecule has 0 radical (unpaired) electrons. The molecule has 0 aliphatic carbocycles. The van der Waals surface area contributed by atoms with Crippen molar-refractivity contribution in [2.75, 3.05) is 0 Å². The minimum atomic E-state index is -4.61. The van der Waals surface area contributed by atoms with E-state index in [1.807, 2.05) is 0 Å². The van der Waals surface area contributed by atoms with Crippen molar-refractivity contribution in [2.45, 2.75) is 32.5 Å². The number of carbonyl (C=O) groups excluding carboxylic acids is 1. The maximum Gasteiger partial charge on any atom is 0.417 e. The largest absolute Gasteiger partial charge is 0.478 e. The number of aliphatic carboxylic acids is 1. The Morgan fingerprint density at radius 3 is 2.58 bits per heavy atom. The van der Waals surface area contributed by atoms with Gasteiger partial charge in [0, 0.05) is 18.3 Å². The molecule has 140 valence electrons. The molecule has 2 aromatic rings. The Hall–Kier alpha value is -2.55. The van der Waals surface area contributed by atoms with Gasteiger partial charge < -0.3 is 9.84 Å². The monoisotopic (exact) mass is 390 g/mol. The molecule has 2 aromatic heterocycles. The van der Waals surface area contributed by atoms with E-state index in [1.165, 1.54) is 0 Å². The molecule has 0 aliphatic rings. The molecule has 2 rings (SSSR count).